The van der Waals surface area contributed by atoms with Crippen LogP contribution in [0.4, 0.5) is 0 Å². The van der Waals surface area contributed by atoms with Crippen LogP contribution in [0, 0.1) is 5.92 Å². The van der Waals surface area contributed by atoms with E-state index in [1.807, 2.05) is 12.1 Å². The Labute approximate surface area is 127 Å². The molecule has 1 unspecified atom stereocenters. The second kappa shape index (κ2) is 7.44. The Morgan fingerprint density at radius 2 is 2.10 bits per heavy atom. The van der Waals surface area contributed by atoms with E-state index >= 15 is 0 Å². The Kier molecular flexibility index (Phi) is 5.88. The molecule has 112 valence electrons. The van der Waals surface area contributed by atoms with Crippen molar-refractivity contribution in [2.75, 3.05) is 13.2 Å². The number of ether oxygens (including phenoxy) is 1. The molecule has 1 fully saturated rings. The molecule has 1 aliphatic carbocycles. The lowest BCUT2D eigenvalue weighted by Gasteiger charge is -2.39. The molecule has 2 nitrogen and oxygen atoms in total. The average Bonchev–Trinajstić information content (AvgIpc) is 2.36. The molecule has 0 aromatic heterocycles. The third-order valence-electron chi connectivity index (χ3n) is 4.21. The molecule has 0 saturated heterocycles. The number of benzene rings is 1. The van der Waals surface area contributed by atoms with Crippen LogP contribution in [0.1, 0.15) is 45.1 Å². The molecule has 1 N–H and O–H groups in total. The van der Waals surface area contributed by atoms with E-state index in [1.165, 1.54) is 18.4 Å². The lowest BCUT2D eigenvalue weighted by Crippen LogP contribution is -2.49. The fourth-order valence-electron chi connectivity index (χ4n) is 2.77. The highest BCUT2D eigenvalue weighted by molar-refractivity contribution is 6.30. The van der Waals surface area contributed by atoms with E-state index in [0.717, 1.165) is 18.2 Å². The van der Waals surface area contributed by atoms with Crippen LogP contribution in [0.2, 0.25) is 5.02 Å². The minimum absolute atomic E-state index is 0.459. The molecule has 0 heterocycles. The summed E-state index contributed by atoms with van der Waals surface area (Å²) in [7, 11) is 0. The van der Waals surface area contributed by atoms with Gasteiger partial charge < -0.3 is 10.1 Å². The molecular formula is C17H26ClNO. The maximum absolute atomic E-state index is 6.06. The van der Waals surface area contributed by atoms with E-state index in [4.69, 9.17) is 16.3 Å². The van der Waals surface area contributed by atoms with Crippen LogP contribution in [0.15, 0.2) is 24.3 Å². The minimum Gasteiger partial charge on any atom is -0.380 e. The number of hydrogen-bond donors (Lipinski definition) is 1. The molecule has 0 amide bonds. The van der Waals surface area contributed by atoms with Crippen LogP contribution >= 0.6 is 11.6 Å². The van der Waals surface area contributed by atoms with Gasteiger partial charge in [-0.2, -0.15) is 0 Å². The largest absolute Gasteiger partial charge is 0.380 e. The SMILES string of the molecule is CCOCC(NC1CC(c2cccc(Cl)c2)C1)C(C)C. The van der Waals surface area contributed by atoms with Crippen molar-refractivity contribution < 1.29 is 4.74 Å². The van der Waals surface area contributed by atoms with Crippen molar-refractivity contribution in [3.63, 3.8) is 0 Å². The average molecular weight is 296 g/mol. The summed E-state index contributed by atoms with van der Waals surface area (Å²) in [5, 5.41) is 4.59. The molecular weight excluding hydrogens is 270 g/mol. The van der Waals surface area contributed by atoms with Crippen LogP contribution in [-0.4, -0.2) is 25.3 Å². The van der Waals surface area contributed by atoms with Crippen molar-refractivity contribution in [3.8, 4) is 0 Å². The van der Waals surface area contributed by atoms with Gasteiger partial charge in [-0.05, 0) is 49.3 Å². The molecule has 20 heavy (non-hydrogen) atoms. The van der Waals surface area contributed by atoms with E-state index in [9.17, 15) is 0 Å². The lowest BCUT2D eigenvalue weighted by atomic mass is 9.75. The van der Waals surface area contributed by atoms with E-state index in [0.29, 0.717) is 23.9 Å². The van der Waals surface area contributed by atoms with Gasteiger partial charge >= 0.3 is 0 Å². The molecule has 3 heteroatoms. The predicted octanol–water partition coefficient (Wildman–Crippen LogP) is 4.24. The molecule has 0 bridgehead atoms. The summed E-state index contributed by atoms with van der Waals surface area (Å²) in [6.45, 7) is 8.16. The third-order valence-corrected chi connectivity index (χ3v) is 4.45. The Bertz CT molecular complexity index is 415. The summed E-state index contributed by atoms with van der Waals surface area (Å²) in [5.74, 6) is 1.26. The van der Waals surface area contributed by atoms with Gasteiger partial charge in [-0.3, -0.25) is 0 Å². The van der Waals surface area contributed by atoms with E-state index in [-0.39, 0.29) is 0 Å². The highest BCUT2D eigenvalue weighted by Gasteiger charge is 2.32. The molecule has 2 rings (SSSR count). The highest BCUT2D eigenvalue weighted by atomic mass is 35.5. The Hall–Kier alpha value is -0.570. The van der Waals surface area contributed by atoms with Gasteiger partial charge in [0.25, 0.3) is 0 Å². The monoisotopic (exact) mass is 295 g/mol. The summed E-state index contributed by atoms with van der Waals surface area (Å²) in [4.78, 5) is 0. The molecule has 1 saturated carbocycles. The van der Waals surface area contributed by atoms with Gasteiger partial charge in [-0.1, -0.05) is 37.6 Å². The van der Waals surface area contributed by atoms with Gasteiger partial charge in [-0.15, -0.1) is 0 Å². The van der Waals surface area contributed by atoms with Gasteiger partial charge in [0.2, 0.25) is 0 Å². The quantitative estimate of drug-likeness (QED) is 0.812. The number of rotatable bonds is 7. The Morgan fingerprint density at radius 3 is 2.70 bits per heavy atom. The van der Waals surface area contributed by atoms with Gasteiger partial charge in [0.15, 0.2) is 0 Å². The first-order valence-corrected chi connectivity index (χ1v) is 8.07. The first kappa shape index (κ1) is 15.8. The van der Waals surface area contributed by atoms with Crippen molar-refractivity contribution in [1.82, 2.24) is 5.32 Å². The van der Waals surface area contributed by atoms with Gasteiger partial charge in [0, 0.05) is 23.7 Å². The first-order valence-electron chi connectivity index (χ1n) is 7.69. The molecule has 0 spiro atoms. The smallest absolute Gasteiger partial charge is 0.0622 e. The molecule has 1 aromatic rings. The number of hydrogen-bond acceptors (Lipinski definition) is 2. The van der Waals surface area contributed by atoms with Crippen molar-refractivity contribution in [3.05, 3.63) is 34.9 Å². The van der Waals surface area contributed by atoms with Crippen molar-refractivity contribution in [1.29, 1.82) is 0 Å². The number of nitrogens with one attached hydrogen (secondary N) is 1. The van der Waals surface area contributed by atoms with Crippen LogP contribution in [0.3, 0.4) is 0 Å². The molecule has 1 aliphatic rings. The fourth-order valence-corrected chi connectivity index (χ4v) is 2.97. The van der Waals surface area contributed by atoms with E-state index < -0.39 is 0 Å². The number of halogens is 1. The molecule has 1 atom stereocenters. The molecule has 0 aliphatic heterocycles. The van der Waals surface area contributed by atoms with Crippen LogP contribution in [0.25, 0.3) is 0 Å². The highest BCUT2D eigenvalue weighted by Crippen LogP contribution is 2.38. The van der Waals surface area contributed by atoms with Gasteiger partial charge in [-0.25, -0.2) is 0 Å². The van der Waals surface area contributed by atoms with Crippen LogP contribution in [0.5, 0.6) is 0 Å². The zero-order valence-corrected chi connectivity index (χ0v) is 13.5. The summed E-state index contributed by atoms with van der Waals surface area (Å²) >= 11 is 6.06. The normalized spacial score (nSPS) is 23.6. The topological polar surface area (TPSA) is 21.3 Å². The standard InChI is InChI=1S/C17H26ClNO/c1-4-20-11-17(12(2)3)19-16-9-14(10-16)13-6-5-7-15(18)8-13/h5-8,12,14,16-17,19H,4,9-11H2,1-3H3. The lowest BCUT2D eigenvalue weighted by molar-refractivity contribution is 0.0943. The summed E-state index contributed by atoms with van der Waals surface area (Å²) in [5.41, 5.74) is 1.38. The van der Waals surface area contributed by atoms with E-state index in [2.05, 4.69) is 38.2 Å². The van der Waals surface area contributed by atoms with Crippen molar-refractivity contribution in [2.24, 2.45) is 5.92 Å². The summed E-state index contributed by atoms with van der Waals surface area (Å²) in [6.07, 6.45) is 2.41. The van der Waals surface area contributed by atoms with Gasteiger partial charge in [0.05, 0.1) is 6.61 Å². The molecule has 1 aromatic carbocycles. The van der Waals surface area contributed by atoms with Gasteiger partial charge in [0.1, 0.15) is 0 Å². The predicted molar refractivity (Wildman–Crippen MR) is 85.5 cm³/mol. The van der Waals surface area contributed by atoms with Crippen LogP contribution < -0.4 is 5.32 Å². The third kappa shape index (κ3) is 4.21. The van der Waals surface area contributed by atoms with E-state index in [1.54, 1.807) is 0 Å². The second-order valence-electron chi connectivity index (χ2n) is 6.10. The maximum Gasteiger partial charge on any atom is 0.0622 e. The zero-order chi connectivity index (χ0) is 14.5. The Morgan fingerprint density at radius 1 is 1.35 bits per heavy atom. The van der Waals surface area contributed by atoms with Crippen LogP contribution in [-0.2, 0) is 4.74 Å². The first-order chi connectivity index (χ1) is 9.60. The Balaban J connectivity index is 1.80. The fraction of sp³-hybridized carbons (Fsp3) is 0.647. The van der Waals surface area contributed by atoms with Crippen molar-refractivity contribution >= 4 is 11.6 Å². The second-order valence-corrected chi connectivity index (χ2v) is 6.53. The minimum atomic E-state index is 0.459. The van der Waals surface area contributed by atoms with Crippen molar-refractivity contribution in [2.45, 2.75) is 51.6 Å². The zero-order valence-electron chi connectivity index (χ0n) is 12.7. The molecule has 0 radical (unpaired) electrons. The summed E-state index contributed by atoms with van der Waals surface area (Å²) < 4.78 is 5.57. The summed E-state index contributed by atoms with van der Waals surface area (Å²) in [6, 6.07) is 9.35. The maximum atomic E-state index is 6.06.